The minimum Gasteiger partial charge on any atom is -0.388 e. The smallest absolute Gasteiger partial charge is 0.269 e. The highest BCUT2D eigenvalue weighted by atomic mass is 79.9. The van der Waals surface area contributed by atoms with E-state index in [9.17, 15) is 24.0 Å². The van der Waals surface area contributed by atoms with Crippen LogP contribution in [0.3, 0.4) is 0 Å². The SMILES string of the molecule is O=[N+]([O-])c1ccc(CC(O)c2c(F)cc(Br)cc2F)cc1. The molecule has 0 saturated carbocycles. The lowest BCUT2D eigenvalue weighted by atomic mass is 10.0. The van der Waals surface area contributed by atoms with E-state index in [1.807, 2.05) is 0 Å². The highest BCUT2D eigenvalue weighted by molar-refractivity contribution is 9.10. The maximum atomic E-state index is 13.7. The second-order valence-electron chi connectivity index (χ2n) is 4.43. The maximum Gasteiger partial charge on any atom is 0.269 e. The van der Waals surface area contributed by atoms with Crippen molar-refractivity contribution in [2.75, 3.05) is 0 Å². The molecule has 0 aliphatic rings. The summed E-state index contributed by atoms with van der Waals surface area (Å²) in [5, 5.41) is 20.5. The quantitative estimate of drug-likeness (QED) is 0.666. The van der Waals surface area contributed by atoms with Crippen LogP contribution in [0.1, 0.15) is 17.2 Å². The first-order valence-corrected chi connectivity index (χ1v) is 6.73. The molecule has 110 valence electrons. The summed E-state index contributed by atoms with van der Waals surface area (Å²) >= 11 is 2.96. The highest BCUT2D eigenvalue weighted by Gasteiger charge is 2.19. The lowest BCUT2D eigenvalue weighted by molar-refractivity contribution is -0.384. The van der Waals surface area contributed by atoms with E-state index in [1.54, 1.807) is 0 Å². The Morgan fingerprint density at radius 2 is 1.71 bits per heavy atom. The first kappa shape index (κ1) is 15.5. The predicted octanol–water partition coefficient (Wildman–Crippen LogP) is 3.91. The number of nitrogens with zero attached hydrogens (tertiary/aromatic N) is 1. The first-order chi connectivity index (χ1) is 9.88. The standard InChI is InChI=1S/C14H10BrF2NO3/c15-9-6-11(16)14(12(17)7-9)13(19)5-8-1-3-10(4-2-8)18(20)21/h1-4,6-7,13,19H,5H2. The van der Waals surface area contributed by atoms with Gasteiger partial charge in [0.05, 0.1) is 16.6 Å². The zero-order valence-corrected chi connectivity index (χ0v) is 12.2. The molecule has 1 N–H and O–H groups in total. The lowest BCUT2D eigenvalue weighted by Crippen LogP contribution is -2.07. The van der Waals surface area contributed by atoms with Crippen LogP contribution in [-0.4, -0.2) is 10.0 Å². The zero-order valence-electron chi connectivity index (χ0n) is 10.6. The van der Waals surface area contributed by atoms with Crippen LogP contribution in [0.5, 0.6) is 0 Å². The molecule has 0 fully saturated rings. The van der Waals surface area contributed by atoms with Gasteiger partial charge in [-0.3, -0.25) is 10.1 Å². The third-order valence-corrected chi connectivity index (χ3v) is 3.41. The molecule has 4 nitrogen and oxygen atoms in total. The minimum atomic E-state index is -1.38. The monoisotopic (exact) mass is 357 g/mol. The Hall–Kier alpha value is -1.86. The summed E-state index contributed by atoms with van der Waals surface area (Å²) in [5.41, 5.74) is 0.0283. The van der Waals surface area contributed by atoms with Gasteiger partial charge in [-0.1, -0.05) is 28.1 Å². The molecule has 0 radical (unpaired) electrons. The predicted molar refractivity (Wildman–Crippen MR) is 75.8 cm³/mol. The number of halogens is 3. The summed E-state index contributed by atoms with van der Waals surface area (Å²) in [4.78, 5) is 9.98. The Kier molecular flexibility index (Phi) is 4.64. The lowest BCUT2D eigenvalue weighted by Gasteiger charge is -2.13. The van der Waals surface area contributed by atoms with Gasteiger partial charge < -0.3 is 5.11 Å². The second kappa shape index (κ2) is 6.28. The summed E-state index contributed by atoms with van der Waals surface area (Å²) < 4.78 is 27.7. The van der Waals surface area contributed by atoms with Crippen molar-refractivity contribution in [3.05, 3.63) is 73.7 Å². The number of non-ortho nitro benzene ring substituents is 1. The Bertz CT molecular complexity index is 653. The molecular formula is C14H10BrF2NO3. The maximum absolute atomic E-state index is 13.7. The van der Waals surface area contributed by atoms with Gasteiger partial charge in [-0.2, -0.15) is 0 Å². The average molecular weight is 358 g/mol. The Morgan fingerprint density at radius 3 is 2.19 bits per heavy atom. The molecule has 1 atom stereocenters. The van der Waals surface area contributed by atoms with Crippen LogP contribution in [0.4, 0.5) is 14.5 Å². The molecule has 0 bridgehead atoms. The van der Waals surface area contributed by atoms with E-state index >= 15 is 0 Å². The number of aliphatic hydroxyl groups is 1. The van der Waals surface area contributed by atoms with E-state index in [0.717, 1.165) is 12.1 Å². The fourth-order valence-corrected chi connectivity index (χ4v) is 2.35. The fraction of sp³-hybridized carbons (Fsp3) is 0.143. The van der Waals surface area contributed by atoms with Gasteiger partial charge in [0.25, 0.3) is 5.69 Å². The van der Waals surface area contributed by atoms with Crippen LogP contribution in [0.15, 0.2) is 40.9 Å². The highest BCUT2D eigenvalue weighted by Crippen LogP contribution is 2.27. The normalized spacial score (nSPS) is 12.2. The van der Waals surface area contributed by atoms with Crippen LogP contribution in [0, 0.1) is 21.7 Å². The van der Waals surface area contributed by atoms with E-state index < -0.39 is 28.2 Å². The molecular weight excluding hydrogens is 348 g/mol. The molecule has 0 aliphatic carbocycles. The van der Waals surface area contributed by atoms with Gasteiger partial charge >= 0.3 is 0 Å². The van der Waals surface area contributed by atoms with Crippen molar-refractivity contribution in [1.82, 2.24) is 0 Å². The zero-order chi connectivity index (χ0) is 15.6. The van der Waals surface area contributed by atoms with Gasteiger partial charge in [-0.05, 0) is 17.7 Å². The molecule has 0 saturated heterocycles. The van der Waals surface area contributed by atoms with Crippen LogP contribution in [-0.2, 0) is 6.42 Å². The van der Waals surface area contributed by atoms with Gasteiger partial charge in [0.15, 0.2) is 0 Å². The molecule has 0 spiro atoms. The minimum absolute atomic E-state index is 0.0481. The topological polar surface area (TPSA) is 63.4 Å². The number of rotatable bonds is 4. The van der Waals surface area contributed by atoms with Crippen LogP contribution in [0.25, 0.3) is 0 Å². The number of aliphatic hydroxyl groups excluding tert-OH is 1. The van der Waals surface area contributed by atoms with Gasteiger partial charge in [0.2, 0.25) is 0 Å². The summed E-state index contributed by atoms with van der Waals surface area (Å²) in [6.07, 6.45) is -1.42. The van der Waals surface area contributed by atoms with Crippen molar-refractivity contribution in [3.8, 4) is 0 Å². The van der Waals surface area contributed by atoms with Gasteiger partial charge in [0.1, 0.15) is 11.6 Å². The molecule has 7 heteroatoms. The van der Waals surface area contributed by atoms with E-state index in [-0.39, 0.29) is 16.6 Å². The van der Waals surface area contributed by atoms with Crippen LogP contribution < -0.4 is 0 Å². The first-order valence-electron chi connectivity index (χ1n) is 5.94. The number of hydrogen-bond donors (Lipinski definition) is 1. The molecule has 2 aromatic carbocycles. The van der Waals surface area contributed by atoms with Gasteiger partial charge in [0, 0.05) is 23.0 Å². The molecule has 0 aromatic heterocycles. The van der Waals surface area contributed by atoms with E-state index in [4.69, 9.17) is 0 Å². The number of nitro groups is 1. The second-order valence-corrected chi connectivity index (χ2v) is 5.34. The summed E-state index contributed by atoms with van der Waals surface area (Å²) in [6.45, 7) is 0. The summed E-state index contributed by atoms with van der Waals surface area (Å²) in [7, 11) is 0. The van der Waals surface area contributed by atoms with Crippen molar-refractivity contribution in [1.29, 1.82) is 0 Å². The number of nitro benzene ring substituents is 1. The Morgan fingerprint density at radius 1 is 1.19 bits per heavy atom. The molecule has 21 heavy (non-hydrogen) atoms. The molecule has 0 amide bonds. The Labute approximate surface area is 127 Å². The molecule has 1 unspecified atom stereocenters. The van der Waals surface area contributed by atoms with E-state index in [0.29, 0.717) is 5.56 Å². The van der Waals surface area contributed by atoms with Crippen molar-refractivity contribution >= 4 is 21.6 Å². The summed E-state index contributed by atoms with van der Waals surface area (Å²) in [5.74, 6) is -1.70. The summed E-state index contributed by atoms with van der Waals surface area (Å²) in [6, 6.07) is 7.56. The van der Waals surface area contributed by atoms with Gasteiger partial charge in [-0.15, -0.1) is 0 Å². The number of hydrogen-bond acceptors (Lipinski definition) is 3. The van der Waals surface area contributed by atoms with Crippen molar-refractivity contribution in [2.24, 2.45) is 0 Å². The van der Waals surface area contributed by atoms with Crippen molar-refractivity contribution in [3.63, 3.8) is 0 Å². The van der Waals surface area contributed by atoms with Crippen LogP contribution >= 0.6 is 15.9 Å². The van der Waals surface area contributed by atoms with Crippen LogP contribution in [0.2, 0.25) is 0 Å². The fourth-order valence-electron chi connectivity index (χ4n) is 1.95. The van der Waals surface area contributed by atoms with Crippen molar-refractivity contribution < 1.29 is 18.8 Å². The molecule has 2 rings (SSSR count). The number of benzene rings is 2. The average Bonchev–Trinajstić information content (AvgIpc) is 2.37. The third kappa shape index (κ3) is 3.62. The van der Waals surface area contributed by atoms with E-state index in [2.05, 4.69) is 15.9 Å². The van der Waals surface area contributed by atoms with E-state index in [1.165, 1.54) is 24.3 Å². The Balaban J connectivity index is 2.22. The van der Waals surface area contributed by atoms with Crippen molar-refractivity contribution in [2.45, 2.75) is 12.5 Å². The molecule has 2 aromatic rings. The molecule has 0 heterocycles. The van der Waals surface area contributed by atoms with Gasteiger partial charge in [-0.25, -0.2) is 8.78 Å². The molecule has 0 aliphatic heterocycles. The third-order valence-electron chi connectivity index (χ3n) is 2.95. The largest absolute Gasteiger partial charge is 0.388 e.